The summed E-state index contributed by atoms with van der Waals surface area (Å²) in [6, 6.07) is 8.49. The summed E-state index contributed by atoms with van der Waals surface area (Å²) in [5.74, 6) is 1.20. The van der Waals surface area contributed by atoms with Crippen LogP contribution in [0.2, 0.25) is 0 Å². The Balaban J connectivity index is 1.99. The lowest BCUT2D eigenvalue weighted by molar-refractivity contribution is -0.116. The quantitative estimate of drug-likeness (QED) is 0.890. The molecule has 2 heterocycles. The maximum atomic E-state index is 11.8. The molecule has 0 radical (unpaired) electrons. The summed E-state index contributed by atoms with van der Waals surface area (Å²) in [6.45, 7) is 4.34. The van der Waals surface area contributed by atoms with Gasteiger partial charge in [-0.05, 0) is 17.0 Å². The smallest absolute Gasteiger partial charge is 0.226 e. The Kier molecular flexibility index (Phi) is 3.22. The molecule has 0 saturated carbocycles. The number of nitrogens with one attached hydrogen (secondary N) is 1. The molecular weight excluding hydrogens is 270 g/mol. The van der Waals surface area contributed by atoms with Crippen molar-refractivity contribution in [1.82, 2.24) is 4.98 Å². The van der Waals surface area contributed by atoms with Crippen LogP contribution in [0.15, 0.2) is 24.3 Å². The average molecular weight is 287 g/mol. The van der Waals surface area contributed by atoms with Crippen LogP contribution in [0.5, 0.6) is 0 Å². The number of hydrogen-bond acceptors (Lipinski definition) is 4. The second-order valence-electron chi connectivity index (χ2n) is 5.39. The van der Waals surface area contributed by atoms with Crippen LogP contribution >= 0.6 is 11.3 Å². The van der Waals surface area contributed by atoms with E-state index >= 15 is 0 Å². The largest absolute Gasteiger partial charge is 0.375 e. The minimum atomic E-state index is 0.000682. The van der Waals surface area contributed by atoms with Crippen LogP contribution in [-0.2, 0) is 4.79 Å². The molecule has 5 heteroatoms. The first-order chi connectivity index (χ1) is 9.54. The van der Waals surface area contributed by atoms with E-state index in [9.17, 15) is 4.79 Å². The van der Waals surface area contributed by atoms with Crippen molar-refractivity contribution in [2.45, 2.75) is 32.1 Å². The number of nitrogens with zero attached hydrogens (tertiary/aromatic N) is 1. The number of rotatable bonds is 2. The van der Waals surface area contributed by atoms with Gasteiger partial charge in [0.15, 0.2) is 5.13 Å². The van der Waals surface area contributed by atoms with E-state index in [-0.39, 0.29) is 11.8 Å². The number of anilines is 2. The van der Waals surface area contributed by atoms with Gasteiger partial charge in [0, 0.05) is 12.3 Å². The van der Waals surface area contributed by atoms with E-state index in [0.717, 1.165) is 10.4 Å². The molecule has 1 atom stereocenters. The highest BCUT2D eigenvalue weighted by atomic mass is 32.1. The van der Waals surface area contributed by atoms with Crippen molar-refractivity contribution < 1.29 is 4.79 Å². The van der Waals surface area contributed by atoms with Crippen LogP contribution in [0.25, 0.3) is 0 Å². The molecular formula is C15H17N3OS. The van der Waals surface area contributed by atoms with Gasteiger partial charge in [-0.15, -0.1) is 0 Å². The fourth-order valence-electron chi connectivity index (χ4n) is 2.52. The van der Waals surface area contributed by atoms with Gasteiger partial charge in [-0.3, -0.25) is 4.79 Å². The zero-order valence-electron chi connectivity index (χ0n) is 11.5. The molecule has 1 aliphatic rings. The number of hydrogen-bond donors (Lipinski definition) is 2. The monoisotopic (exact) mass is 287 g/mol. The molecule has 1 aliphatic heterocycles. The minimum absolute atomic E-state index is 0.000682. The number of amides is 1. The van der Waals surface area contributed by atoms with Gasteiger partial charge in [0.05, 0.1) is 4.88 Å². The van der Waals surface area contributed by atoms with Gasteiger partial charge >= 0.3 is 0 Å². The Bertz CT molecular complexity index is 646. The van der Waals surface area contributed by atoms with Crippen molar-refractivity contribution in [3.63, 3.8) is 0 Å². The molecule has 3 N–H and O–H groups in total. The molecule has 1 amide bonds. The first-order valence-corrected chi connectivity index (χ1v) is 7.52. The van der Waals surface area contributed by atoms with Crippen molar-refractivity contribution in [3.05, 3.63) is 40.3 Å². The van der Waals surface area contributed by atoms with Crippen LogP contribution in [0.1, 0.15) is 48.1 Å². The van der Waals surface area contributed by atoms with Crippen molar-refractivity contribution in [2.24, 2.45) is 0 Å². The lowest BCUT2D eigenvalue weighted by Crippen LogP contribution is -2.22. The molecule has 0 fully saturated rings. The first-order valence-electron chi connectivity index (χ1n) is 6.70. The lowest BCUT2D eigenvalue weighted by Gasteiger charge is -2.22. The van der Waals surface area contributed by atoms with E-state index in [2.05, 4.69) is 48.4 Å². The summed E-state index contributed by atoms with van der Waals surface area (Å²) in [7, 11) is 0. The molecule has 20 heavy (non-hydrogen) atoms. The maximum absolute atomic E-state index is 11.8. The van der Waals surface area contributed by atoms with Crippen LogP contribution in [0, 0.1) is 0 Å². The zero-order valence-corrected chi connectivity index (χ0v) is 12.3. The highest BCUT2D eigenvalue weighted by Crippen LogP contribution is 2.41. The van der Waals surface area contributed by atoms with E-state index in [4.69, 9.17) is 5.73 Å². The maximum Gasteiger partial charge on any atom is 0.226 e. The average Bonchev–Trinajstić information content (AvgIpc) is 2.78. The predicted octanol–water partition coefficient (Wildman–Crippen LogP) is 3.32. The van der Waals surface area contributed by atoms with E-state index in [1.54, 1.807) is 0 Å². The number of nitrogens with two attached hydrogens (primary N) is 1. The van der Waals surface area contributed by atoms with Crippen LogP contribution in [-0.4, -0.2) is 10.9 Å². The highest BCUT2D eigenvalue weighted by molar-refractivity contribution is 7.16. The number of fused-ring (bicyclic) bond motifs is 1. The van der Waals surface area contributed by atoms with Crippen molar-refractivity contribution in [1.29, 1.82) is 0 Å². The summed E-state index contributed by atoms with van der Waals surface area (Å²) in [5, 5.41) is 3.29. The molecule has 1 aromatic heterocycles. The Hall–Kier alpha value is -1.88. The fourth-order valence-corrected chi connectivity index (χ4v) is 3.44. The van der Waals surface area contributed by atoms with E-state index in [1.165, 1.54) is 16.9 Å². The highest BCUT2D eigenvalue weighted by Gasteiger charge is 2.29. The summed E-state index contributed by atoms with van der Waals surface area (Å²) >= 11 is 1.46. The van der Waals surface area contributed by atoms with Gasteiger partial charge in [-0.25, -0.2) is 4.98 Å². The molecule has 1 aromatic carbocycles. The number of aromatic nitrogens is 1. The normalized spacial score (nSPS) is 17.9. The van der Waals surface area contributed by atoms with Gasteiger partial charge < -0.3 is 11.1 Å². The molecule has 0 aliphatic carbocycles. The van der Waals surface area contributed by atoms with E-state index in [1.807, 2.05) is 0 Å². The number of benzene rings is 1. The third kappa shape index (κ3) is 2.29. The second kappa shape index (κ2) is 4.90. The van der Waals surface area contributed by atoms with E-state index in [0.29, 0.717) is 23.3 Å². The minimum Gasteiger partial charge on any atom is -0.375 e. The van der Waals surface area contributed by atoms with Crippen molar-refractivity contribution in [3.8, 4) is 0 Å². The predicted molar refractivity (Wildman–Crippen MR) is 82.1 cm³/mol. The van der Waals surface area contributed by atoms with Gasteiger partial charge in [-0.2, -0.15) is 0 Å². The molecule has 0 saturated heterocycles. The summed E-state index contributed by atoms with van der Waals surface area (Å²) in [4.78, 5) is 17.0. The second-order valence-corrected chi connectivity index (χ2v) is 6.45. The molecule has 2 aromatic rings. The van der Waals surface area contributed by atoms with Crippen LogP contribution < -0.4 is 11.1 Å². The third-order valence-corrected chi connectivity index (χ3v) is 4.64. The molecule has 1 unspecified atom stereocenters. The molecule has 0 spiro atoms. The zero-order chi connectivity index (χ0) is 14.3. The molecule has 104 valence electrons. The topological polar surface area (TPSA) is 68.0 Å². The first kappa shape index (κ1) is 13.1. The fraction of sp³-hybridized carbons (Fsp3) is 0.333. The van der Waals surface area contributed by atoms with Gasteiger partial charge in [0.25, 0.3) is 0 Å². The SMILES string of the molecule is CC(C)c1ccc(C2CC(=O)Nc3nc(N)sc32)cc1. The number of nitrogen functional groups attached to an aromatic ring is 1. The third-order valence-electron chi connectivity index (χ3n) is 3.64. The van der Waals surface area contributed by atoms with Gasteiger partial charge in [0.1, 0.15) is 5.82 Å². The van der Waals surface area contributed by atoms with Crippen LogP contribution in [0.4, 0.5) is 10.9 Å². The lowest BCUT2D eigenvalue weighted by atomic mass is 9.90. The Labute approximate surface area is 122 Å². The van der Waals surface area contributed by atoms with Gasteiger partial charge in [-0.1, -0.05) is 49.4 Å². The Morgan fingerprint density at radius 1 is 1.35 bits per heavy atom. The van der Waals surface area contributed by atoms with E-state index < -0.39 is 0 Å². The number of carbonyl (C=O) groups excluding carboxylic acids is 1. The molecule has 4 nitrogen and oxygen atoms in total. The Morgan fingerprint density at radius 2 is 2.05 bits per heavy atom. The molecule has 3 rings (SSSR count). The van der Waals surface area contributed by atoms with Crippen molar-refractivity contribution in [2.75, 3.05) is 11.1 Å². The summed E-state index contributed by atoms with van der Waals surface area (Å²) in [6.07, 6.45) is 0.454. The summed E-state index contributed by atoms with van der Waals surface area (Å²) in [5.41, 5.74) is 8.22. The van der Waals surface area contributed by atoms with Crippen LogP contribution in [0.3, 0.4) is 0 Å². The number of thiazole rings is 1. The standard InChI is InChI=1S/C15H17N3OS/c1-8(2)9-3-5-10(6-4-9)11-7-12(19)17-14-13(11)20-15(16)18-14/h3-6,8,11H,7H2,1-2H3,(H2,16,18)(H,17,19). The summed E-state index contributed by atoms with van der Waals surface area (Å²) < 4.78 is 0. The Morgan fingerprint density at radius 3 is 2.70 bits per heavy atom. The molecule has 0 bridgehead atoms. The number of carbonyl (C=O) groups is 1. The van der Waals surface area contributed by atoms with Gasteiger partial charge in [0.2, 0.25) is 5.91 Å². The van der Waals surface area contributed by atoms with Crippen molar-refractivity contribution >= 4 is 28.2 Å².